The van der Waals surface area contributed by atoms with Gasteiger partial charge in [-0.25, -0.2) is 9.97 Å². The molecule has 0 radical (unpaired) electrons. The number of anilines is 1. The Morgan fingerprint density at radius 1 is 1.30 bits per heavy atom. The zero-order valence-electron chi connectivity index (χ0n) is 16.0. The second-order valence-corrected chi connectivity index (χ2v) is 7.07. The van der Waals surface area contributed by atoms with Gasteiger partial charge in [0.1, 0.15) is 17.7 Å². The topological polar surface area (TPSA) is 104 Å². The third-order valence-electron chi connectivity index (χ3n) is 5.07. The minimum atomic E-state index is -0.177. The fourth-order valence-electron chi connectivity index (χ4n) is 3.52. The molecule has 3 aromatic heterocycles. The van der Waals surface area contributed by atoms with Gasteiger partial charge >= 0.3 is 0 Å². The van der Waals surface area contributed by atoms with Gasteiger partial charge < -0.3 is 14.6 Å². The molecule has 3 heterocycles. The second-order valence-electron chi connectivity index (χ2n) is 7.07. The lowest BCUT2D eigenvalue weighted by molar-refractivity contribution is 0.199. The van der Waals surface area contributed by atoms with Gasteiger partial charge in [0.15, 0.2) is 11.5 Å². The third-order valence-corrected chi connectivity index (χ3v) is 5.07. The minimum absolute atomic E-state index is 0.177. The summed E-state index contributed by atoms with van der Waals surface area (Å²) >= 11 is 0. The lowest BCUT2D eigenvalue weighted by Crippen LogP contribution is -2.12. The van der Waals surface area contributed by atoms with Crippen LogP contribution in [0.2, 0.25) is 0 Å². The van der Waals surface area contributed by atoms with Crippen LogP contribution < -0.4 is 5.32 Å². The molecule has 1 atom stereocenters. The van der Waals surface area contributed by atoms with Crippen LogP contribution in [-0.2, 0) is 18.2 Å². The molecular formula is C18H25N7O2. The molecule has 1 N–H and O–H groups in total. The molecule has 1 aliphatic carbocycles. The number of ether oxygens (including phenoxy) is 1. The first-order chi connectivity index (χ1) is 13.2. The van der Waals surface area contributed by atoms with Crippen molar-refractivity contribution < 1.29 is 9.26 Å². The van der Waals surface area contributed by atoms with E-state index in [1.54, 1.807) is 18.0 Å². The van der Waals surface area contributed by atoms with E-state index in [1.807, 2.05) is 14.0 Å². The SMILES string of the molecule is COCCc1noc([C@@H](C)Nc2nc(C3CCCC3)nc3c2cnn3C)n1. The number of aromatic nitrogens is 6. The summed E-state index contributed by atoms with van der Waals surface area (Å²) in [6.07, 6.45) is 7.18. The van der Waals surface area contributed by atoms with E-state index < -0.39 is 0 Å². The zero-order chi connectivity index (χ0) is 18.8. The summed E-state index contributed by atoms with van der Waals surface area (Å²) in [6.45, 7) is 2.54. The quantitative estimate of drug-likeness (QED) is 0.676. The number of nitrogens with one attached hydrogen (secondary N) is 1. The Balaban J connectivity index is 1.61. The van der Waals surface area contributed by atoms with Crippen molar-refractivity contribution in [2.45, 2.75) is 51.0 Å². The molecule has 27 heavy (non-hydrogen) atoms. The Labute approximate surface area is 157 Å². The standard InChI is InChI=1S/C18H25N7O2/c1-11(18-21-14(24-27-18)8-9-26-3)20-16-13-10-19-25(2)17(13)23-15(22-16)12-6-4-5-7-12/h10-12H,4-9H2,1-3H3,(H,20,22,23)/t11-/m1/s1. The Kier molecular flexibility index (Phi) is 5.02. The summed E-state index contributed by atoms with van der Waals surface area (Å²) in [6, 6.07) is -0.177. The molecule has 0 saturated heterocycles. The fraction of sp³-hybridized carbons (Fsp3) is 0.611. The van der Waals surface area contributed by atoms with Gasteiger partial charge in [0, 0.05) is 26.5 Å². The molecule has 0 aromatic carbocycles. The van der Waals surface area contributed by atoms with Gasteiger partial charge in [0.05, 0.1) is 18.2 Å². The van der Waals surface area contributed by atoms with E-state index in [0.29, 0.717) is 30.7 Å². The van der Waals surface area contributed by atoms with Crippen LogP contribution in [0.4, 0.5) is 5.82 Å². The van der Waals surface area contributed by atoms with Gasteiger partial charge in [-0.05, 0) is 19.8 Å². The van der Waals surface area contributed by atoms with E-state index >= 15 is 0 Å². The highest BCUT2D eigenvalue weighted by atomic mass is 16.5. The average molecular weight is 371 g/mol. The highest BCUT2D eigenvalue weighted by Gasteiger charge is 2.24. The highest BCUT2D eigenvalue weighted by molar-refractivity contribution is 5.86. The summed E-state index contributed by atoms with van der Waals surface area (Å²) < 4.78 is 12.3. The predicted molar refractivity (Wildman–Crippen MR) is 99.4 cm³/mol. The molecule has 144 valence electrons. The molecule has 1 saturated carbocycles. The van der Waals surface area contributed by atoms with E-state index in [-0.39, 0.29) is 6.04 Å². The van der Waals surface area contributed by atoms with Crippen molar-refractivity contribution in [3.05, 3.63) is 23.7 Å². The van der Waals surface area contributed by atoms with Gasteiger partial charge in [-0.2, -0.15) is 10.1 Å². The van der Waals surface area contributed by atoms with Crippen molar-refractivity contribution in [1.29, 1.82) is 0 Å². The molecule has 1 fully saturated rings. The summed E-state index contributed by atoms with van der Waals surface area (Å²) in [7, 11) is 3.56. The molecule has 0 aliphatic heterocycles. The number of nitrogens with zero attached hydrogens (tertiary/aromatic N) is 6. The molecule has 9 heteroatoms. The lowest BCUT2D eigenvalue weighted by Gasteiger charge is -2.14. The van der Waals surface area contributed by atoms with E-state index in [9.17, 15) is 0 Å². The Hall–Kier alpha value is -2.55. The van der Waals surface area contributed by atoms with E-state index in [4.69, 9.17) is 19.2 Å². The first-order valence-corrected chi connectivity index (χ1v) is 9.43. The van der Waals surface area contributed by atoms with E-state index in [2.05, 4.69) is 20.6 Å². The first kappa shape index (κ1) is 17.8. The molecule has 0 amide bonds. The second kappa shape index (κ2) is 7.59. The molecule has 0 unspecified atom stereocenters. The largest absolute Gasteiger partial charge is 0.384 e. The van der Waals surface area contributed by atoms with Crippen LogP contribution in [0.25, 0.3) is 11.0 Å². The molecule has 3 aromatic rings. The van der Waals surface area contributed by atoms with Gasteiger partial charge in [-0.3, -0.25) is 4.68 Å². The number of aryl methyl sites for hydroxylation is 1. The fourth-order valence-corrected chi connectivity index (χ4v) is 3.52. The molecule has 4 rings (SSSR count). The highest BCUT2D eigenvalue weighted by Crippen LogP contribution is 2.34. The number of methoxy groups -OCH3 is 1. The average Bonchev–Trinajstić information content (AvgIpc) is 3.41. The molecule has 9 nitrogen and oxygen atoms in total. The Morgan fingerprint density at radius 2 is 2.11 bits per heavy atom. The maximum absolute atomic E-state index is 5.40. The van der Waals surface area contributed by atoms with Gasteiger partial charge in [0.25, 0.3) is 0 Å². The smallest absolute Gasteiger partial charge is 0.248 e. The molecule has 0 bridgehead atoms. The zero-order valence-corrected chi connectivity index (χ0v) is 16.0. The van der Waals surface area contributed by atoms with Gasteiger partial charge in [-0.15, -0.1) is 0 Å². The van der Waals surface area contributed by atoms with E-state index in [0.717, 1.165) is 35.5 Å². The van der Waals surface area contributed by atoms with Crippen molar-refractivity contribution >= 4 is 16.9 Å². The molecule has 0 spiro atoms. The first-order valence-electron chi connectivity index (χ1n) is 9.43. The van der Waals surface area contributed by atoms with Crippen LogP contribution >= 0.6 is 0 Å². The number of hydrogen-bond donors (Lipinski definition) is 1. The maximum atomic E-state index is 5.40. The van der Waals surface area contributed by atoms with Crippen molar-refractivity contribution in [1.82, 2.24) is 29.9 Å². The van der Waals surface area contributed by atoms with Crippen LogP contribution in [0.15, 0.2) is 10.7 Å². The lowest BCUT2D eigenvalue weighted by atomic mass is 10.1. The van der Waals surface area contributed by atoms with Crippen molar-refractivity contribution in [3.8, 4) is 0 Å². The Morgan fingerprint density at radius 3 is 2.89 bits per heavy atom. The third kappa shape index (κ3) is 3.64. The maximum Gasteiger partial charge on any atom is 0.248 e. The van der Waals surface area contributed by atoms with Gasteiger partial charge in [0.2, 0.25) is 5.89 Å². The van der Waals surface area contributed by atoms with Crippen LogP contribution in [0.5, 0.6) is 0 Å². The molecular weight excluding hydrogens is 346 g/mol. The number of hydrogen-bond acceptors (Lipinski definition) is 8. The molecule has 1 aliphatic rings. The summed E-state index contributed by atoms with van der Waals surface area (Å²) in [5.41, 5.74) is 0.841. The Bertz CT molecular complexity index is 914. The summed E-state index contributed by atoms with van der Waals surface area (Å²) in [5.74, 6) is 3.24. The monoisotopic (exact) mass is 371 g/mol. The van der Waals surface area contributed by atoms with Crippen LogP contribution in [0.1, 0.15) is 62.1 Å². The van der Waals surface area contributed by atoms with Crippen LogP contribution in [0.3, 0.4) is 0 Å². The van der Waals surface area contributed by atoms with Crippen molar-refractivity contribution in [2.75, 3.05) is 19.0 Å². The van der Waals surface area contributed by atoms with Crippen LogP contribution in [-0.4, -0.2) is 43.6 Å². The van der Waals surface area contributed by atoms with Gasteiger partial charge in [-0.1, -0.05) is 18.0 Å². The number of rotatable bonds is 7. The normalized spacial score (nSPS) is 16.3. The van der Waals surface area contributed by atoms with Crippen LogP contribution in [0, 0.1) is 0 Å². The summed E-state index contributed by atoms with van der Waals surface area (Å²) in [5, 5.41) is 12.7. The minimum Gasteiger partial charge on any atom is -0.384 e. The van der Waals surface area contributed by atoms with Crippen molar-refractivity contribution in [2.24, 2.45) is 7.05 Å². The summed E-state index contributed by atoms with van der Waals surface area (Å²) in [4.78, 5) is 14.1. The van der Waals surface area contributed by atoms with Crippen molar-refractivity contribution in [3.63, 3.8) is 0 Å². The predicted octanol–water partition coefficient (Wildman–Crippen LogP) is 2.77. The van der Waals surface area contributed by atoms with E-state index in [1.165, 1.54) is 12.8 Å². The number of fused-ring (bicyclic) bond motifs is 1.